The molecule has 1 N–H and O–H groups in total. The molecule has 0 aromatic carbocycles. The van der Waals surface area contributed by atoms with Gasteiger partial charge < -0.3 is 19.7 Å². The average molecular weight is 288 g/mol. The molecule has 5 nitrogen and oxygen atoms in total. The van der Waals surface area contributed by atoms with Crippen LogP contribution in [0.4, 0.5) is 0 Å². The van der Waals surface area contributed by atoms with Crippen LogP contribution in [0, 0.1) is 0 Å². The number of hydrogen-bond donors (Lipinski definition) is 1. The van der Waals surface area contributed by atoms with Crippen molar-refractivity contribution in [2.24, 2.45) is 0 Å². The van der Waals surface area contributed by atoms with Gasteiger partial charge in [0.05, 0.1) is 13.7 Å². The molecule has 0 spiro atoms. The van der Waals surface area contributed by atoms with Crippen molar-refractivity contribution in [1.82, 2.24) is 10.2 Å². The summed E-state index contributed by atoms with van der Waals surface area (Å²) in [6.45, 7) is 13.3. The van der Waals surface area contributed by atoms with E-state index in [4.69, 9.17) is 9.47 Å². The summed E-state index contributed by atoms with van der Waals surface area (Å²) in [5.74, 6) is -0.184. The molecule has 0 fully saturated rings. The van der Waals surface area contributed by atoms with E-state index < -0.39 is 5.54 Å². The number of ether oxygens (including phenoxy) is 2. The van der Waals surface area contributed by atoms with Crippen molar-refractivity contribution < 1.29 is 14.3 Å². The number of carbonyl (C=O) groups is 1. The highest BCUT2D eigenvalue weighted by atomic mass is 16.5. The highest BCUT2D eigenvalue weighted by Gasteiger charge is 2.32. The summed E-state index contributed by atoms with van der Waals surface area (Å²) in [5, 5.41) is 3.24. The van der Waals surface area contributed by atoms with Gasteiger partial charge in [-0.15, -0.1) is 0 Å². The van der Waals surface area contributed by atoms with Gasteiger partial charge in [-0.05, 0) is 46.3 Å². The van der Waals surface area contributed by atoms with Gasteiger partial charge in [0.15, 0.2) is 0 Å². The predicted molar refractivity (Wildman–Crippen MR) is 81.9 cm³/mol. The highest BCUT2D eigenvalue weighted by molar-refractivity contribution is 5.80. The third kappa shape index (κ3) is 7.22. The Morgan fingerprint density at radius 1 is 1.25 bits per heavy atom. The zero-order valence-corrected chi connectivity index (χ0v) is 13.8. The van der Waals surface area contributed by atoms with Gasteiger partial charge >= 0.3 is 5.97 Å². The zero-order valence-electron chi connectivity index (χ0n) is 13.8. The van der Waals surface area contributed by atoms with Crippen molar-refractivity contribution in [3.05, 3.63) is 0 Å². The SMILES string of the molecule is CCNC(C)(CCCN(CC)CCOCC)C(=O)OC. The van der Waals surface area contributed by atoms with Gasteiger partial charge in [-0.1, -0.05) is 13.8 Å². The topological polar surface area (TPSA) is 50.8 Å². The Morgan fingerprint density at radius 3 is 2.45 bits per heavy atom. The molecular weight excluding hydrogens is 256 g/mol. The van der Waals surface area contributed by atoms with Gasteiger partial charge in [-0.3, -0.25) is 4.79 Å². The van der Waals surface area contributed by atoms with Crippen LogP contribution >= 0.6 is 0 Å². The van der Waals surface area contributed by atoms with E-state index in [1.54, 1.807) is 0 Å². The van der Waals surface area contributed by atoms with E-state index >= 15 is 0 Å². The lowest BCUT2D eigenvalue weighted by molar-refractivity contribution is -0.148. The summed E-state index contributed by atoms with van der Waals surface area (Å²) in [7, 11) is 1.44. The van der Waals surface area contributed by atoms with E-state index in [0.717, 1.165) is 52.2 Å². The maximum atomic E-state index is 11.9. The summed E-state index contributed by atoms with van der Waals surface area (Å²) < 4.78 is 10.3. The van der Waals surface area contributed by atoms with Crippen LogP contribution < -0.4 is 5.32 Å². The number of likely N-dealkylation sites (N-methyl/N-ethyl adjacent to an activating group) is 2. The van der Waals surface area contributed by atoms with Crippen molar-refractivity contribution in [3.63, 3.8) is 0 Å². The lowest BCUT2D eigenvalue weighted by Gasteiger charge is -2.29. The van der Waals surface area contributed by atoms with E-state index in [0.29, 0.717) is 0 Å². The zero-order chi connectivity index (χ0) is 15.4. The minimum atomic E-state index is -0.581. The number of nitrogens with one attached hydrogen (secondary N) is 1. The van der Waals surface area contributed by atoms with E-state index in [1.807, 2.05) is 20.8 Å². The van der Waals surface area contributed by atoms with Crippen LogP contribution in [0.25, 0.3) is 0 Å². The molecule has 1 atom stereocenters. The molecule has 0 aromatic heterocycles. The monoisotopic (exact) mass is 288 g/mol. The Bertz CT molecular complexity index is 262. The van der Waals surface area contributed by atoms with Crippen LogP contribution in [0.1, 0.15) is 40.5 Å². The van der Waals surface area contributed by atoms with Crippen molar-refractivity contribution >= 4 is 5.97 Å². The van der Waals surface area contributed by atoms with Gasteiger partial charge in [0.2, 0.25) is 0 Å². The van der Waals surface area contributed by atoms with Gasteiger partial charge in [0.1, 0.15) is 5.54 Å². The summed E-state index contributed by atoms with van der Waals surface area (Å²) >= 11 is 0. The first kappa shape index (κ1) is 19.4. The first-order chi connectivity index (χ1) is 9.53. The Labute approximate surface area is 124 Å². The van der Waals surface area contributed by atoms with Gasteiger partial charge in [-0.2, -0.15) is 0 Å². The Kier molecular flexibility index (Phi) is 10.7. The molecule has 0 aliphatic rings. The number of carbonyl (C=O) groups excluding carboxylic acids is 1. The minimum Gasteiger partial charge on any atom is -0.468 e. The molecule has 0 saturated carbocycles. The van der Waals surface area contributed by atoms with Crippen LogP contribution in [-0.2, 0) is 14.3 Å². The average Bonchev–Trinajstić information content (AvgIpc) is 2.45. The number of rotatable bonds is 12. The molecule has 0 heterocycles. The molecule has 1 unspecified atom stereocenters. The Balaban J connectivity index is 4.17. The molecule has 5 heteroatoms. The summed E-state index contributed by atoms with van der Waals surface area (Å²) in [6, 6.07) is 0. The smallest absolute Gasteiger partial charge is 0.325 e. The van der Waals surface area contributed by atoms with Crippen LogP contribution in [0.15, 0.2) is 0 Å². The van der Waals surface area contributed by atoms with Crippen molar-refractivity contribution in [1.29, 1.82) is 0 Å². The van der Waals surface area contributed by atoms with Crippen LogP contribution in [0.5, 0.6) is 0 Å². The normalized spacial score (nSPS) is 14.3. The van der Waals surface area contributed by atoms with Gasteiger partial charge in [0.25, 0.3) is 0 Å². The van der Waals surface area contributed by atoms with Crippen LogP contribution in [-0.4, -0.2) is 62.9 Å². The molecular formula is C15H32N2O3. The Morgan fingerprint density at radius 2 is 1.95 bits per heavy atom. The first-order valence-electron chi connectivity index (χ1n) is 7.67. The molecule has 0 aliphatic heterocycles. The third-order valence-electron chi connectivity index (χ3n) is 3.56. The van der Waals surface area contributed by atoms with E-state index in [2.05, 4.69) is 17.1 Å². The lowest BCUT2D eigenvalue weighted by atomic mass is 9.95. The van der Waals surface area contributed by atoms with Crippen molar-refractivity contribution in [2.75, 3.05) is 46.5 Å². The summed E-state index contributed by atoms with van der Waals surface area (Å²) in [4.78, 5) is 14.2. The van der Waals surface area contributed by atoms with E-state index in [9.17, 15) is 4.79 Å². The van der Waals surface area contributed by atoms with Crippen molar-refractivity contribution in [2.45, 2.75) is 46.1 Å². The summed E-state index contributed by atoms with van der Waals surface area (Å²) in [5.41, 5.74) is -0.581. The molecule has 0 aromatic rings. The third-order valence-corrected chi connectivity index (χ3v) is 3.56. The molecule has 0 bridgehead atoms. The summed E-state index contributed by atoms with van der Waals surface area (Å²) in [6.07, 6.45) is 1.73. The second-order valence-corrected chi connectivity index (χ2v) is 5.09. The molecule has 0 aliphatic carbocycles. The fraction of sp³-hybridized carbons (Fsp3) is 0.933. The van der Waals surface area contributed by atoms with Crippen molar-refractivity contribution in [3.8, 4) is 0 Å². The lowest BCUT2D eigenvalue weighted by Crippen LogP contribution is -2.50. The second kappa shape index (κ2) is 11.1. The van der Waals surface area contributed by atoms with Gasteiger partial charge in [-0.25, -0.2) is 0 Å². The molecule has 0 rings (SSSR count). The van der Waals surface area contributed by atoms with E-state index in [-0.39, 0.29) is 5.97 Å². The number of nitrogens with zero attached hydrogens (tertiary/aromatic N) is 1. The van der Waals surface area contributed by atoms with Crippen LogP contribution in [0.2, 0.25) is 0 Å². The fourth-order valence-corrected chi connectivity index (χ4v) is 2.30. The maximum Gasteiger partial charge on any atom is 0.325 e. The molecule has 0 saturated heterocycles. The molecule has 120 valence electrons. The number of hydrogen-bond acceptors (Lipinski definition) is 5. The molecule has 0 radical (unpaired) electrons. The minimum absolute atomic E-state index is 0.184. The standard InChI is InChI=1S/C15H32N2O3/c1-6-16-15(4,14(18)19-5)10-9-11-17(7-2)12-13-20-8-3/h16H,6-13H2,1-5H3. The largest absolute Gasteiger partial charge is 0.468 e. The van der Waals surface area contributed by atoms with Crippen LogP contribution in [0.3, 0.4) is 0 Å². The second-order valence-electron chi connectivity index (χ2n) is 5.09. The van der Waals surface area contributed by atoms with E-state index in [1.165, 1.54) is 7.11 Å². The Hall–Kier alpha value is -0.650. The first-order valence-corrected chi connectivity index (χ1v) is 7.67. The molecule has 20 heavy (non-hydrogen) atoms. The fourth-order valence-electron chi connectivity index (χ4n) is 2.30. The quantitative estimate of drug-likeness (QED) is 0.437. The number of methoxy groups -OCH3 is 1. The molecule has 0 amide bonds. The maximum absolute atomic E-state index is 11.9. The predicted octanol–water partition coefficient (Wildman–Crippen LogP) is 1.67. The van der Waals surface area contributed by atoms with Gasteiger partial charge in [0, 0.05) is 13.2 Å². The highest BCUT2D eigenvalue weighted by Crippen LogP contribution is 2.14. The number of esters is 1.